The van der Waals surface area contributed by atoms with Crippen molar-refractivity contribution in [2.24, 2.45) is 0 Å². The molecule has 1 N–H and O–H groups in total. The summed E-state index contributed by atoms with van der Waals surface area (Å²) in [5, 5.41) is 0. The van der Waals surface area contributed by atoms with E-state index in [4.69, 9.17) is 0 Å². The van der Waals surface area contributed by atoms with E-state index in [0.29, 0.717) is 5.70 Å². The molecule has 0 aliphatic carbocycles. The molecule has 0 heterocycles. The number of hydrogen-bond acceptors (Lipinski definition) is 1. The Morgan fingerprint density at radius 3 is 2.20 bits per heavy atom. The average molecular weight is 75.1 g/mol. The van der Waals surface area contributed by atoms with Gasteiger partial charge in [0.15, 0.2) is 0 Å². The maximum absolute atomic E-state index is 10.8. The van der Waals surface area contributed by atoms with E-state index < -0.39 is 0 Å². The topological polar surface area (TPSA) is 12.0 Å². The van der Waals surface area contributed by atoms with Gasteiger partial charge in [-0.2, -0.15) is 0 Å². The summed E-state index contributed by atoms with van der Waals surface area (Å²) in [6.07, 6.45) is 0. The summed E-state index contributed by atoms with van der Waals surface area (Å²) < 4.78 is 10.8. The summed E-state index contributed by atoms with van der Waals surface area (Å²) in [6.45, 7) is 4.73. The second kappa shape index (κ2) is 1.76. The van der Waals surface area contributed by atoms with Crippen LogP contribution in [0, 0.1) is 0 Å². The lowest BCUT2D eigenvalue weighted by Gasteiger charge is -1.81. The van der Waals surface area contributed by atoms with Gasteiger partial charge in [0.1, 0.15) is 0 Å². The normalized spacial score (nSPS) is 6.80. The van der Waals surface area contributed by atoms with Gasteiger partial charge in [-0.1, -0.05) is 6.58 Å². The fourth-order valence-electron chi connectivity index (χ4n) is 0. The van der Waals surface area contributed by atoms with Crippen LogP contribution in [-0.2, 0) is 0 Å². The number of hydrogen-bond donors (Lipinski definition) is 1. The molecule has 0 saturated heterocycles. The third kappa shape index (κ3) is 3.47. The van der Waals surface area contributed by atoms with Gasteiger partial charge in [0.05, 0.1) is 0 Å². The zero-order valence-corrected chi connectivity index (χ0v) is 3.09. The molecule has 0 aliphatic heterocycles. The largest absolute Gasteiger partial charge is 0.230 e. The first-order chi connectivity index (χ1) is 2.27. The van der Waals surface area contributed by atoms with E-state index in [1.54, 1.807) is 6.92 Å². The van der Waals surface area contributed by atoms with Gasteiger partial charge in [-0.15, -0.1) is 4.48 Å². The molecule has 0 fully saturated rings. The van der Waals surface area contributed by atoms with Crippen LogP contribution in [0.25, 0.3) is 0 Å². The van der Waals surface area contributed by atoms with Crippen molar-refractivity contribution in [2.45, 2.75) is 6.92 Å². The molecule has 0 aliphatic rings. The van der Waals surface area contributed by atoms with Crippen LogP contribution in [0.5, 0.6) is 0 Å². The Hall–Kier alpha value is -0.530. The van der Waals surface area contributed by atoms with Crippen molar-refractivity contribution in [3.63, 3.8) is 0 Å². The van der Waals surface area contributed by atoms with Gasteiger partial charge >= 0.3 is 0 Å². The molecule has 0 aromatic heterocycles. The first kappa shape index (κ1) is 4.47. The van der Waals surface area contributed by atoms with Crippen molar-refractivity contribution in [2.75, 3.05) is 0 Å². The highest BCUT2D eigenvalue weighted by molar-refractivity contribution is 4.78. The molecule has 0 amide bonds. The van der Waals surface area contributed by atoms with Gasteiger partial charge in [-0.25, -0.2) is 5.54 Å². The minimum Gasteiger partial charge on any atom is -0.230 e. The lowest BCUT2D eigenvalue weighted by Crippen LogP contribution is -1.90. The summed E-state index contributed by atoms with van der Waals surface area (Å²) in [6, 6.07) is 0. The van der Waals surface area contributed by atoms with Crippen molar-refractivity contribution in [1.82, 2.24) is 5.54 Å². The van der Waals surface area contributed by atoms with E-state index >= 15 is 0 Å². The quantitative estimate of drug-likeness (QED) is 0.458. The van der Waals surface area contributed by atoms with Crippen molar-refractivity contribution in [1.29, 1.82) is 0 Å². The molecule has 1 nitrogen and oxygen atoms in total. The van der Waals surface area contributed by atoms with E-state index in [2.05, 4.69) is 6.58 Å². The maximum atomic E-state index is 10.8. The van der Waals surface area contributed by atoms with Crippen LogP contribution in [0.1, 0.15) is 6.92 Å². The first-order valence-corrected chi connectivity index (χ1v) is 1.29. The van der Waals surface area contributed by atoms with E-state index in [0.717, 1.165) is 0 Å². The highest BCUT2D eigenvalue weighted by Gasteiger charge is 1.67. The second-order valence-electron chi connectivity index (χ2n) is 0.875. The van der Waals surface area contributed by atoms with Crippen LogP contribution < -0.4 is 5.54 Å². The predicted molar refractivity (Wildman–Crippen MR) is 19.1 cm³/mol. The molecule has 0 spiro atoms. The van der Waals surface area contributed by atoms with Crippen LogP contribution in [0.3, 0.4) is 0 Å². The molecule has 0 rings (SSSR count). The minimum atomic E-state index is 0.338. The fourth-order valence-corrected chi connectivity index (χ4v) is 0. The predicted octanol–water partition coefficient (Wildman–Crippen LogP) is 0.994. The summed E-state index contributed by atoms with van der Waals surface area (Å²) in [4.78, 5) is 0. The zero-order chi connectivity index (χ0) is 4.28. The Morgan fingerprint density at radius 1 is 2.00 bits per heavy atom. The van der Waals surface area contributed by atoms with E-state index in [1.165, 1.54) is 5.54 Å². The highest BCUT2D eigenvalue weighted by atomic mass is 19.2. The molecule has 0 radical (unpaired) electrons. The molecule has 0 aromatic rings. The zero-order valence-electron chi connectivity index (χ0n) is 3.09. The summed E-state index contributed by atoms with van der Waals surface area (Å²) in [5.74, 6) is 0. The third-order valence-electron chi connectivity index (χ3n) is 0.161. The smallest absolute Gasteiger partial charge is 0.0327 e. The fraction of sp³-hybridized carbons (Fsp3) is 0.333. The van der Waals surface area contributed by atoms with E-state index in [-0.39, 0.29) is 0 Å². The third-order valence-corrected chi connectivity index (χ3v) is 0.161. The average Bonchev–Trinajstić information content (AvgIpc) is 1.38. The maximum Gasteiger partial charge on any atom is 0.0327 e. The summed E-state index contributed by atoms with van der Waals surface area (Å²) in [5.41, 5.74) is 1.67. The molecule has 0 aromatic carbocycles. The SMILES string of the molecule is C=C(C)NF. The number of allylic oxidation sites excluding steroid dienone is 1. The van der Waals surface area contributed by atoms with Gasteiger partial charge in [0.2, 0.25) is 0 Å². The Bertz CT molecular complexity index is 42.2. The second-order valence-corrected chi connectivity index (χ2v) is 0.875. The van der Waals surface area contributed by atoms with Crippen molar-refractivity contribution < 1.29 is 4.48 Å². The number of rotatable bonds is 1. The Morgan fingerprint density at radius 2 is 2.20 bits per heavy atom. The van der Waals surface area contributed by atoms with E-state index in [1.807, 2.05) is 0 Å². The van der Waals surface area contributed by atoms with Gasteiger partial charge in [0.25, 0.3) is 0 Å². The van der Waals surface area contributed by atoms with Gasteiger partial charge < -0.3 is 0 Å². The van der Waals surface area contributed by atoms with Crippen LogP contribution in [0.15, 0.2) is 12.3 Å². The molecular formula is C3H6FN. The first-order valence-electron chi connectivity index (χ1n) is 1.29. The van der Waals surface area contributed by atoms with Crippen LogP contribution in [0.4, 0.5) is 4.48 Å². The Balaban J connectivity index is 2.85. The molecular weight excluding hydrogens is 69.0 g/mol. The molecule has 5 heavy (non-hydrogen) atoms. The number of halogens is 1. The van der Waals surface area contributed by atoms with E-state index in [9.17, 15) is 4.48 Å². The molecule has 30 valence electrons. The van der Waals surface area contributed by atoms with Gasteiger partial charge in [-0.05, 0) is 6.92 Å². The monoisotopic (exact) mass is 75.0 g/mol. The minimum absolute atomic E-state index is 0.338. The van der Waals surface area contributed by atoms with Gasteiger partial charge in [0, 0.05) is 5.70 Å². The van der Waals surface area contributed by atoms with Crippen molar-refractivity contribution >= 4 is 0 Å². The van der Waals surface area contributed by atoms with Crippen molar-refractivity contribution in [3.05, 3.63) is 12.3 Å². The van der Waals surface area contributed by atoms with Crippen molar-refractivity contribution in [3.8, 4) is 0 Å². The van der Waals surface area contributed by atoms with Crippen LogP contribution in [-0.4, -0.2) is 0 Å². The van der Waals surface area contributed by atoms with Crippen LogP contribution in [0.2, 0.25) is 0 Å². The van der Waals surface area contributed by atoms with Gasteiger partial charge in [-0.3, -0.25) is 0 Å². The molecule has 0 unspecified atom stereocenters. The lowest BCUT2D eigenvalue weighted by atomic mass is 10.6. The summed E-state index contributed by atoms with van der Waals surface area (Å²) >= 11 is 0. The standard InChI is InChI=1S/C3H6FN/c1-3(2)5-4/h5H,1H2,2H3. The number of nitrogens with one attached hydrogen (secondary N) is 1. The molecule has 0 saturated carbocycles. The molecule has 0 bridgehead atoms. The Labute approximate surface area is 30.4 Å². The van der Waals surface area contributed by atoms with Crippen LogP contribution >= 0.6 is 0 Å². The lowest BCUT2D eigenvalue weighted by molar-refractivity contribution is 0.387. The molecule has 2 heteroatoms. The summed E-state index contributed by atoms with van der Waals surface area (Å²) in [7, 11) is 0. The molecule has 0 atom stereocenters. The Kier molecular flexibility index (Phi) is 1.57. The highest BCUT2D eigenvalue weighted by Crippen LogP contribution is 1.72.